The van der Waals surface area contributed by atoms with Crippen molar-refractivity contribution in [2.24, 2.45) is 35.5 Å². The van der Waals surface area contributed by atoms with Gasteiger partial charge in [-0.05, 0) is 54.8 Å². The van der Waals surface area contributed by atoms with Crippen molar-refractivity contribution in [2.75, 3.05) is 0 Å². The fourth-order valence-corrected chi connectivity index (χ4v) is 5.14. The van der Waals surface area contributed by atoms with Crippen molar-refractivity contribution in [3.63, 3.8) is 0 Å². The van der Waals surface area contributed by atoms with Gasteiger partial charge in [-0.15, -0.1) is 0 Å². The molecule has 0 aromatic heterocycles. The van der Waals surface area contributed by atoms with E-state index in [-0.39, 0.29) is 6.10 Å². The summed E-state index contributed by atoms with van der Waals surface area (Å²) in [6.07, 6.45) is 8.38. The lowest BCUT2D eigenvalue weighted by atomic mass is 9.78. The minimum atomic E-state index is -0.0179. The second kappa shape index (κ2) is 2.57. The molecule has 15 heavy (non-hydrogen) atoms. The van der Waals surface area contributed by atoms with Crippen LogP contribution >= 0.6 is 0 Å². The van der Waals surface area contributed by atoms with E-state index >= 15 is 0 Å². The molecule has 6 atom stereocenters. The van der Waals surface area contributed by atoms with Crippen LogP contribution in [0.2, 0.25) is 0 Å². The van der Waals surface area contributed by atoms with Crippen molar-refractivity contribution < 1.29 is 5.11 Å². The van der Waals surface area contributed by atoms with Crippen LogP contribution in [0.1, 0.15) is 19.3 Å². The highest BCUT2D eigenvalue weighted by atomic mass is 16.3. The average molecular weight is 202 g/mol. The highest BCUT2D eigenvalue weighted by Gasteiger charge is 2.60. The van der Waals surface area contributed by atoms with Crippen LogP contribution in [-0.2, 0) is 0 Å². The van der Waals surface area contributed by atoms with E-state index in [1.54, 1.807) is 0 Å². The summed E-state index contributed by atoms with van der Waals surface area (Å²) in [5, 5.41) is 10.3. The topological polar surface area (TPSA) is 20.2 Å². The van der Waals surface area contributed by atoms with Crippen molar-refractivity contribution >= 4 is 0 Å². The molecule has 0 amide bonds. The van der Waals surface area contributed by atoms with Crippen LogP contribution in [-0.4, -0.2) is 11.2 Å². The monoisotopic (exact) mass is 202 g/mol. The highest BCUT2D eigenvalue weighted by Crippen LogP contribution is 2.64. The largest absolute Gasteiger partial charge is 0.393 e. The first-order chi connectivity index (χ1) is 7.25. The lowest BCUT2D eigenvalue weighted by Crippen LogP contribution is -2.30. The highest BCUT2D eigenvalue weighted by molar-refractivity contribution is 5.24. The van der Waals surface area contributed by atoms with Crippen LogP contribution < -0.4 is 0 Å². The van der Waals surface area contributed by atoms with Gasteiger partial charge >= 0.3 is 0 Å². The van der Waals surface area contributed by atoms with Crippen LogP contribution in [0.4, 0.5) is 0 Å². The van der Waals surface area contributed by atoms with Crippen LogP contribution in [0.15, 0.2) is 24.3 Å². The summed E-state index contributed by atoms with van der Waals surface area (Å²) in [6, 6.07) is 0. The Hall–Kier alpha value is -0.560. The number of aliphatic hydroxyl groups is 1. The molecule has 3 saturated carbocycles. The maximum atomic E-state index is 10.3. The molecule has 0 spiro atoms. The normalized spacial score (nSPS) is 60.1. The van der Waals surface area contributed by atoms with Crippen molar-refractivity contribution in [3.8, 4) is 0 Å². The Morgan fingerprint density at radius 2 is 1.60 bits per heavy atom. The number of rotatable bonds is 0. The molecule has 1 N–H and O–H groups in total. The van der Waals surface area contributed by atoms with Crippen LogP contribution in [0.5, 0.6) is 0 Å². The lowest BCUT2D eigenvalue weighted by molar-refractivity contribution is 0.0560. The Morgan fingerprint density at radius 3 is 2.13 bits per heavy atom. The lowest BCUT2D eigenvalue weighted by Gasteiger charge is -2.30. The van der Waals surface area contributed by atoms with Gasteiger partial charge in [-0.25, -0.2) is 0 Å². The second-order valence-electron chi connectivity index (χ2n) is 6.08. The van der Waals surface area contributed by atoms with Gasteiger partial charge in [0, 0.05) is 0 Å². The van der Waals surface area contributed by atoms with Crippen LogP contribution in [0, 0.1) is 35.5 Å². The molecule has 0 radical (unpaired) electrons. The molecule has 4 rings (SSSR count). The molecule has 4 bridgehead atoms. The Balaban J connectivity index is 1.79. The molecule has 6 unspecified atom stereocenters. The SMILES string of the molecule is C=C1CC2C(O)C(C1)C1C3C=CC(C3)C21. The third-order valence-corrected chi connectivity index (χ3v) is 5.50. The van der Waals surface area contributed by atoms with Gasteiger partial charge in [0.25, 0.3) is 0 Å². The van der Waals surface area contributed by atoms with E-state index in [1.807, 2.05) is 0 Å². The average Bonchev–Trinajstić information content (AvgIpc) is 2.83. The molecular weight excluding hydrogens is 184 g/mol. The summed E-state index contributed by atoms with van der Waals surface area (Å²) < 4.78 is 0. The first-order valence-electron chi connectivity index (χ1n) is 6.29. The Bertz CT molecular complexity index is 326. The number of hydrogen-bond acceptors (Lipinski definition) is 1. The number of aliphatic hydroxyl groups excluding tert-OH is 1. The summed E-state index contributed by atoms with van der Waals surface area (Å²) in [7, 11) is 0. The summed E-state index contributed by atoms with van der Waals surface area (Å²) in [5.41, 5.74) is 1.39. The van der Waals surface area contributed by atoms with Crippen molar-refractivity contribution in [2.45, 2.75) is 25.4 Å². The summed E-state index contributed by atoms with van der Waals surface area (Å²) >= 11 is 0. The van der Waals surface area contributed by atoms with E-state index in [2.05, 4.69) is 18.7 Å². The van der Waals surface area contributed by atoms with E-state index in [0.29, 0.717) is 11.8 Å². The molecule has 0 aromatic rings. The van der Waals surface area contributed by atoms with Gasteiger partial charge < -0.3 is 5.11 Å². The third kappa shape index (κ3) is 0.891. The van der Waals surface area contributed by atoms with Crippen molar-refractivity contribution in [1.29, 1.82) is 0 Å². The molecule has 4 aliphatic carbocycles. The van der Waals surface area contributed by atoms with E-state index in [4.69, 9.17) is 0 Å². The zero-order valence-corrected chi connectivity index (χ0v) is 8.97. The van der Waals surface area contributed by atoms with Crippen LogP contribution in [0.25, 0.3) is 0 Å². The minimum absolute atomic E-state index is 0.0179. The molecule has 3 fully saturated rings. The third-order valence-electron chi connectivity index (χ3n) is 5.50. The van der Waals surface area contributed by atoms with E-state index in [1.165, 1.54) is 12.0 Å². The quantitative estimate of drug-likeness (QED) is 0.472. The first-order valence-corrected chi connectivity index (χ1v) is 6.29. The predicted molar refractivity (Wildman–Crippen MR) is 59.1 cm³/mol. The molecule has 4 aliphatic rings. The number of fused-ring (bicyclic) bond motifs is 9. The van der Waals surface area contributed by atoms with E-state index in [0.717, 1.165) is 36.5 Å². The Kier molecular flexibility index (Phi) is 1.47. The molecule has 80 valence electrons. The number of hydrogen-bond donors (Lipinski definition) is 1. The standard InChI is InChI=1S/C14H18O/c1-7-4-10-12-8-2-3-9(6-8)13(12)11(5-7)14(10)15/h2-3,8-15H,1,4-6H2. The molecular formula is C14H18O. The van der Waals surface area contributed by atoms with Crippen molar-refractivity contribution in [3.05, 3.63) is 24.3 Å². The Labute approximate surface area is 90.9 Å². The van der Waals surface area contributed by atoms with Gasteiger partial charge in [-0.3, -0.25) is 0 Å². The van der Waals surface area contributed by atoms with Gasteiger partial charge in [0.15, 0.2) is 0 Å². The van der Waals surface area contributed by atoms with E-state index in [9.17, 15) is 5.11 Å². The predicted octanol–water partition coefficient (Wildman–Crippen LogP) is 2.38. The fraction of sp³-hybridized carbons (Fsp3) is 0.714. The molecule has 0 aliphatic heterocycles. The van der Waals surface area contributed by atoms with E-state index < -0.39 is 0 Å². The first kappa shape index (κ1) is 8.58. The summed E-state index contributed by atoms with van der Waals surface area (Å²) in [6.45, 7) is 4.16. The molecule has 1 nitrogen and oxygen atoms in total. The van der Waals surface area contributed by atoms with Crippen molar-refractivity contribution in [1.82, 2.24) is 0 Å². The van der Waals surface area contributed by atoms with Gasteiger partial charge in [0.2, 0.25) is 0 Å². The zero-order chi connectivity index (χ0) is 10.2. The Morgan fingerprint density at radius 1 is 1.07 bits per heavy atom. The smallest absolute Gasteiger partial charge is 0.0608 e. The second-order valence-corrected chi connectivity index (χ2v) is 6.08. The molecule has 0 aromatic carbocycles. The fourth-order valence-electron chi connectivity index (χ4n) is 5.14. The van der Waals surface area contributed by atoms with Gasteiger partial charge in [-0.2, -0.15) is 0 Å². The van der Waals surface area contributed by atoms with Gasteiger partial charge in [0.05, 0.1) is 6.10 Å². The molecule has 0 heterocycles. The summed E-state index contributed by atoms with van der Waals surface area (Å²) in [5.74, 6) is 4.24. The molecule has 0 saturated heterocycles. The maximum Gasteiger partial charge on any atom is 0.0608 e. The minimum Gasteiger partial charge on any atom is -0.393 e. The summed E-state index contributed by atoms with van der Waals surface area (Å²) in [4.78, 5) is 0. The van der Waals surface area contributed by atoms with Gasteiger partial charge in [0.1, 0.15) is 0 Å². The zero-order valence-electron chi connectivity index (χ0n) is 8.97. The van der Waals surface area contributed by atoms with Gasteiger partial charge in [-0.1, -0.05) is 24.3 Å². The molecule has 1 heteroatoms. The van der Waals surface area contributed by atoms with Crippen LogP contribution in [0.3, 0.4) is 0 Å². The maximum absolute atomic E-state index is 10.3. The number of allylic oxidation sites excluding steroid dienone is 3.